The molecule has 13 heteroatoms. The van der Waals surface area contributed by atoms with E-state index in [0.717, 1.165) is 49.3 Å². The van der Waals surface area contributed by atoms with Crippen molar-refractivity contribution in [3.8, 4) is 5.75 Å². The molecule has 0 radical (unpaired) electrons. The topological polar surface area (TPSA) is 116 Å². The molecule has 0 bridgehead atoms. The highest BCUT2D eigenvalue weighted by Gasteiger charge is 2.47. The summed E-state index contributed by atoms with van der Waals surface area (Å²) in [6, 6.07) is 5.32. The first kappa shape index (κ1) is 21.2. The summed E-state index contributed by atoms with van der Waals surface area (Å²) in [4.78, 5) is 16.0. The maximum Gasteiger partial charge on any atom is 0.420 e. The Labute approximate surface area is 195 Å². The zero-order valence-corrected chi connectivity index (χ0v) is 19.0. The molecule has 0 saturated heterocycles. The average Bonchev–Trinajstić information content (AvgIpc) is 3.37. The van der Waals surface area contributed by atoms with Gasteiger partial charge in [0.2, 0.25) is 5.13 Å². The van der Waals surface area contributed by atoms with E-state index in [9.17, 15) is 17.6 Å². The predicted octanol–water partition coefficient (Wildman–Crippen LogP) is 3.82. The van der Waals surface area contributed by atoms with Crippen molar-refractivity contribution in [2.45, 2.75) is 42.2 Å². The fraction of sp³-hybridized carbons (Fsp3) is 0.286. The zero-order valence-electron chi connectivity index (χ0n) is 17.3. The van der Waals surface area contributed by atoms with Crippen LogP contribution in [0.5, 0.6) is 5.75 Å². The van der Waals surface area contributed by atoms with Gasteiger partial charge in [0.1, 0.15) is 34.2 Å². The fourth-order valence-electron chi connectivity index (χ4n) is 4.64. The van der Waals surface area contributed by atoms with E-state index in [0.29, 0.717) is 17.7 Å². The zero-order chi connectivity index (χ0) is 23.7. The number of halogens is 2. The molecular formula is C21H16F2N4O5S2. The monoisotopic (exact) mass is 506 g/mol. The van der Waals surface area contributed by atoms with Gasteiger partial charge in [0.25, 0.3) is 10.0 Å². The number of oxazole rings is 1. The van der Waals surface area contributed by atoms with Gasteiger partial charge in [0.05, 0.1) is 11.6 Å². The van der Waals surface area contributed by atoms with Crippen molar-refractivity contribution in [2.24, 2.45) is 0 Å². The Hall–Kier alpha value is -3.32. The van der Waals surface area contributed by atoms with Crippen LogP contribution in [0, 0.1) is 11.6 Å². The van der Waals surface area contributed by atoms with Gasteiger partial charge < -0.3 is 9.15 Å². The van der Waals surface area contributed by atoms with Gasteiger partial charge in [-0.15, -0.1) is 0 Å². The molecule has 1 fully saturated rings. The number of hydrogen-bond donors (Lipinski definition) is 1. The van der Waals surface area contributed by atoms with Gasteiger partial charge in [-0.25, -0.2) is 27.0 Å². The van der Waals surface area contributed by atoms with Gasteiger partial charge in [0.15, 0.2) is 5.58 Å². The first-order valence-electron chi connectivity index (χ1n) is 10.4. The minimum absolute atomic E-state index is 0.0369. The summed E-state index contributed by atoms with van der Waals surface area (Å²) in [5.74, 6) is -1.93. The minimum Gasteiger partial charge on any atom is -0.487 e. The fourth-order valence-corrected chi connectivity index (χ4v) is 6.38. The van der Waals surface area contributed by atoms with E-state index in [4.69, 9.17) is 9.15 Å². The van der Waals surface area contributed by atoms with E-state index in [1.807, 2.05) is 0 Å². The summed E-state index contributed by atoms with van der Waals surface area (Å²) in [6.45, 7) is 0. The van der Waals surface area contributed by atoms with Crippen LogP contribution < -0.4 is 15.2 Å². The highest BCUT2D eigenvalue weighted by atomic mass is 32.2. The normalized spacial score (nSPS) is 18.9. The number of hydrogen-bond acceptors (Lipinski definition) is 8. The van der Waals surface area contributed by atoms with Crippen LogP contribution >= 0.6 is 11.5 Å². The molecular weight excluding hydrogens is 490 g/mol. The highest BCUT2D eigenvalue weighted by molar-refractivity contribution is 7.93. The summed E-state index contributed by atoms with van der Waals surface area (Å²) in [7, 11) is -4.36. The van der Waals surface area contributed by atoms with Gasteiger partial charge in [-0.05, 0) is 37.5 Å². The molecule has 6 rings (SSSR count). The Morgan fingerprint density at radius 2 is 2.03 bits per heavy atom. The Bertz CT molecular complexity index is 1590. The Morgan fingerprint density at radius 1 is 1.21 bits per heavy atom. The van der Waals surface area contributed by atoms with E-state index in [1.54, 1.807) is 0 Å². The van der Waals surface area contributed by atoms with Gasteiger partial charge in [-0.3, -0.25) is 9.29 Å². The quantitative estimate of drug-likeness (QED) is 0.447. The molecule has 9 nitrogen and oxygen atoms in total. The highest BCUT2D eigenvalue weighted by Crippen LogP contribution is 2.50. The van der Waals surface area contributed by atoms with Crippen LogP contribution in [0.1, 0.15) is 37.3 Å². The molecule has 0 unspecified atom stereocenters. The number of nitrogens with one attached hydrogen (secondary N) is 1. The van der Waals surface area contributed by atoms with Crippen molar-refractivity contribution in [1.29, 1.82) is 0 Å². The third kappa shape index (κ3) is 3.29. The van der Waals surface area contributed by atoms with Gasteiger partial charge in [0, 0.05) is 35.6 Å². The maximum atomic E-state index is 15.1. The second kappa shape index (κ2) is 7.34. The van der Waals surface area contributed by atoms with Crippen LogP contribution in [0.3, 0.4) is 0 Å². The van der Waals surface area contributed by atoms with Crippen molar-refractivity contribution in [2.75, 3.05) is 4.72 Å². The average molecular weight is 507 g/mol. The lowest BCUT2D eigenvalue weighted by Crippen LogP contribution is -2.48. The molecule has 1 aliphatic heterocycles. The Kier molecular flexibility index (Phi) is 4.58. The van der Waals surface area contributed by atoms with Crippen molar-refractivity contribution in [1.82, 2.24) is 13.9 Å². The maximum absolute atomic E-state index is 15.1. The first-order valence-corrected chi connectivity index (χ1v) is 12.6. The molecule has 1 spiro atoms. The molecule has 2 aromatic carbocycles. The lowest BCUT2D eigenvalue weighted by atomic mass is 9.73. The SMILES string of the molecule is O=c1oc2cc(S(=O)(=O)Nc3ncns3)c(F)cc2n1[C@H]1CC2(CCC2)Oc2ccc(F)cc21. The first-order chi connectivity index (χ1) is 16.2. The lowest BCUT2D eigenvalue weighted by Gasteiger charge is -2.48. The number of sulfonamides is 1. The Balaban J connectivity index is 1.49. The van der Waals surface area contributed by atoms with Crippen LogP contribution in [-0.2, 0) is 10.0 Å². The number of benzene rings is 2. The van der Waals surface area contributed by atoms with Crippen molar-refractivity contribution in [3.05, 3.63) is 64.4 Å². The number of rotatable bonds is 4. The summed E-state index contributed by atoms with van der Waals surface area (Å²) < 4.78 is 73.1. The van der Waals surface area contributed by atoms with Crippen molar-refractivity contribution in [3.63, 3.8) is 0 Å². The van der Waals surface area contributed by atoms with Crippen LogP contribution in [-0.4, -0.2) is 27.9 Å². The van der Waals surface area contributed by atoms with Crippen molar-refractivity contribution < 1.29 is 26.4 Å². The van der Waals surface area contributed by atoms with E-state index < -0.39 is 44.0 Å². The number of nitrogens with zero attached hydrogens (tertiary/aromatic N) is 3. The van der Waals surface area contributed by atoms with Crippen LogP contribution in [0.2, 0.25) is 0 Å². The van der Waals surface area contributed by atoms with Crippen LogP contribution in [0.4, 0.5) is 13.9 Å². The standard InChI is InChI=1S/C21H16F2N4O5S2/c22-11-2-3-16-12(6-11)15(9-21(32-16)4-1-5-21)27-14-7-13(23)18(8-17(14)31-20(27)28)34(29,30)26-19-24-10-25-33-19/h2-3,6-8,10,15H,1,4-5,9H2,(H,24,25,26)/t15-/m0/s1. The van der Waals surface area contributed by atoms with Crippen LogP contribution in [0.15, 0.2) is 50.8 Å². The summed E-state index contributed by atoms with van der Waals surface area (Å²) in [5, 5.41) is -0.0369. The van der Waals surface area contributed by atoms with E-state index in [1.165, 1.54) is 22.8 Å². The van der Waals surface area contributed by atoms with Crippen LogP contribution in [0.25, 0.3) is 11.1 Å². The summed E-state index contributed by atoms with van der Waals surface area (Å²) in [5.41, 5.74) is -0.103. The molecule has 1 aliphatic carbocycles. The molecule has 176 valence electrons. The lowest BCUT2D eigenvalue weighted by molar-refractivity contribution is -0.0367. The van der Waals surface area contributed by atoms with Gasteiger partial charge in [-0.2, -0.15) is 4.37 Å². The molecule has 2 aromatic heterocycles. The number of aromatic nitrogens is 3. The molecule has 3 heterocycles. The predicted molar refractivity (Wildman–Crippen MR) is 118 cm³/mol. The number of fused-ring (bicyclic) bond motifs is 2. The molecule has 1 saturated carbocycles. The molecule has 1 atom stereocenters. The third-order valence-corrected chi connectivity index (χ3v) is 8.40. The van der Waals surface area contributed by atoms with Gasteiger partial charge >= 0.3 is 5.76 Å². The Morgan fingerprint density at radius 3 is 2.74 bits per heavy atom. The van der Waals surface area contributed by atoms with E-state index in [-0.39, 0.29) is 16.2 Å². The largest absolute Gasteiger partial charge is 0.487 e. The summed E-state index contributed by atoms with van der Waals surface area (Å²) in [6.07, 6.45) is 4.04. The van der Waals surface area contributed by atoms with E-state index in [2.05, 4.69) is 14.1 Å². The van der Waals surface area contributed by atoms with Gasteiger partial charge in [-0.1, -0.05) is 0 Å². The molecule has 0 amide bonds. The molecule has 34 heavy (non-hydrogen) atoms. The van der Waals surface area contributed by atoms with Crippen molar-refractivity contribution >= 4 is 37.8 Å². The number of ether oxygens (including phenoxy) is 1. The summed E-state index contributed by atoms with van der Waals surface area (Å²) >= 11 is 0.787. The second-order valence-corrected chi connectivity index (χ2v) is 10.8. The molecule has 2 aliphatic rings. The number of anilines is 1. The van der Waals surface area contributed by atoms with E-state index >= 15 is 4.39 Å². The smallest absolute Gasteiger partial charge is 0.420 e. The molecule has 4 aromatic rings. The molecule has 1 N–H and O–H groups in total. The minimum atomic E-state index is -4.36. The third-order valence-electron chi connectivity index (χ3n) is 6.34. The second-order valence-electron chi connectivity index (χ2n) is 8.38.